The van der Waals surface area contributed by atoms with E-state index >= 15 is 0 Å². The molecule has 0 bridgehead atoms. The second-order valence-corrected chi connectivity index (χ2v) is 5.20. The Kier molecular flexibility index (Phi) is 5.22. The lowest BCUT2D eigenvalue weighted by atomic mass is 9.84. The summed E-state index contributed by atoms with van der Waals surface area (Å²) in [6.07, 6.45) is 2.52. The van der Waals surface area contributed by atoms with E-state index in [1.54, 1.807) is 0 Å². The van der Waals surface area contributed by atoms with E-state index in [4.69, 9.17) is 10.5 Å². The summed E-state index contributed by atoms with van der Waals surface area (Å²) >= 11 is 0. The van der Waals surface area contributed by atoms with Gasteiger partial charge in [-0.05, 0) is 24.8 Å². The highest BCUT2D eigenvalue weighted by Crippen LogP contribution is 2.26. The number of carbonyl (C=O) groups excluding carboxylic acids is 1. The first-order valence-electron chi connectivity index (χ1n) is 6.11. The van der Waals surface area contributed by atoms with Crippen molar-refractivity contribution in [1.29, 1.82) is 0 Å². The molecule has 0 radical (unpaired) electrons. The quantitative estimate of drug-likeness (QED) is 0.764. The summed E-state index contributed by atoms with van der Waals surface area (Å²) < 4.78 is 5.22. The Bertz CT molecular complexity index is 223. The van der Waals surface area contributed by atoms with Gasteiger partial charge in [-0.3, -0.25) is 4.79 Å². The second kappa shape index (κ2) is 6.21. The van der Waals surface area contributed by atoms with Crippen molar-refractivity contribution in [3.8, 4) is 0 Å². The van der Waals surface area contributed by atoms with Crippen molar-refractivity contribution in [2.75, 3.05) is 32.8 Å². The minimum absolute atomic E-state index is 0.177. The monoisotopic (exact) mass is 228 g/mol. The summed E-state index contributed by atoms with van der Waals surface area (Å²) in [4.78, 5) is 13.8. The lowest BCUT2D eigenvalue weighted by Gasteiger charge is -2.29. The van der Waals surface area contributed by atoms with Gasteiger partial charge in [0.15, 0.2) is 0 Å². The van der Waals surface area contributed by atoms with Crippen LogP contribution in [-0.2, 0) is 9.53 Å². The molecule has 1 aliphatic heterocycles. The SMILES string of the molecule is CC(C)(CCN)CCC(=O)N1CCOCC1. The molecule has 1 amide bonds. The van der Waals surface area contributed by atoms with E-state index in [0.717, 1.165) is 25.9 Å². The molecule has 0 spiro atoms. The van der Waals surface area contributed by atoms with Crippen molar-refractivity contribution in [3.05, 3.63) is 0 Å². The Morgan fingerprint density at radius 3 is 2.50 bits per heavy atom. The van der Waals surface area contributed by atoms with Crippen molar-refractivity contribution in [3.63, 3.8) is 0 Å². The van der Waals surface area contributed by atoms with Crippen molar-refractivity contribution in [2.45, 2.75) is 33.1 Å². The third-order valence-electron chi connectivity index (χ3n) is 3.20. The molecule has 0 atom stereocenters. The molecular formula is C12H24N2O2. The largest absolute Gasteiger partial charge is 0.378 e. The predicted molar refractivity (Wildman–Crippen MR) is 64.1 cm³/mol. The van der Waals surface area contributed by atoms with Crippen LogP contribution < -0.4 is 5.73 Å². The topological polar surface area (TPSA) is 55.6 Å². The van der Waals surface area contributed by atoms with Gasteiger partial charge >= 0.3 is 0 Å². The summed E-state index contributed by atoms with van der Waals surface area (Å²) in [5, 5.41) is 0. The minimum Gasteiger partial charge on any atom is -0.378 e. The summed E-state index contributed by atoms with van der Waals surface area (Å²) in [5.74, 6) is 0.258. The van der Waals surface area contributed by atoms with E-state index in [1.165, 1.54) is 0 Å². The highest BCUT2D eigenvalue weighted by Gasteiger charge is 2.21. The average Bonchev–Trinajstić information content (AvgIpc) is 2.27. The van der Waals surface area contributed by atoms with Gasteiger partial charge in [0.25, 0.3) is 0 Å². The number of rotatable bonds is 5. The molecule has 0 aromatic rings. The first kappa shape index (κ1) is 13.5. The molecule has 1 heterocycles. The summed E-state index contributed by atoms with van der Waals surface area (Å²) in [6, 6.07) is 0. The van der Waals surface area contributed by atoms with Crippen molar-refractivity contribution >= 4 is 5.91 Å². The van der Waals surface area contributed by atoms with Crippen LogP contribution in [0.4, 0.5) is 0 Å². The van der Waals surface area contributed by atoms with Gasteiger partial charge in [-0.2, -0.15) is 0 Å². The third kappa shape index (κ3) is 4.49. The Labute approximate surface area is 98.1 Å². The lowest BCUT2D eigenvalue weighted by molar-refractivity contribution is -0.135. The smallest absolute Gasteiger partial charge is 0.222 e. The maximum Gasteiger partial charge on any atom is 0.222 e. The van der Waals surface area contributed by atoms with Crippen LogP contribution in [0.15, 0.2) is 0 Å². The second-order valence-electron chi connectivity index (χ2n) is 5.20. The molecule has 0 aromatic heterocycles. The Balaban J connectivity index is 2.28. The number of hydrogen-bond acceptors (Lipinski definition) is 3. The molecule has 16 heavy (non-hydrogen) atoms. The number of nitrogens with two attached hydrogens (primary N) is 1. The van der Waals surface area contributed by atoms with Gasteiger partial charge in [-0.15, -0.1) is 0 Å². The van der Waals surface area contributed by atoms with E-state index in [1.807, 2.05) is 4.90 Å². The summed E-state index contributed by atoms with van der Waals surface area (Å²) in [7, 11) is 0. The van der Waals surface area contributed by atoms with Crippen LogP contribution >= 0.6 is 0 Å². The van der Waals surface area contributed by atoms with E-state index in [9.17, 15) is 4.79 Å². The number of ether oxygens (including phenoxy) is 1. The number of nitrogens with zero attached hydrogens (tertiary/aromatic N) is 1. The molecule has 4 nitrogen and oxygen atoms in total. The molecule has 0 aliphatic carbocycles. The van der Waals surface area contributed by atoms with E-state index in [-0.39, 0.29) is 11.3 Å². The molecule has 4 heteroatoms. The normalized spacial score (nSPS) is 17.6. The maximum absolute atomic E-state index is 11.9. The van der Waals surface area contributed by atoms with E-state index in [0.29, 0.717) is 26.2 Å². The van der Waals surface area contributed by atoms with Crippen LogP contribution in [0.25, 0.3) is 0 Å². The highest BCUT2D eigenvalue weighted by molar-refractivity contribution is 5.76. The number of carbonyl (C=O) groups is 1. The van der Waals surface area contributed by atoms with Gasteiger partial charge in [-0.25, -0.2) is 0 Å². The van der Waals surface area contributed by atoms with Crippen molar-refractivity contribution < 1.29 is 9.53 Å². The van der Waals surface area contributed by atoms with Crippen molar-refractivity contribution in [2.24, 2.45) is 11.1 Å². The summed E-state index contributed by atoms with van der Waals surface area (Å²) in [5.41, 5.74) is 5.73. The summed E-state index contributed by atoms with van der Waals surface area (Å²) in [6.45, 7) is 7.89. The average molecular weight is 228 g/mol. The number of amides is 1. The van der Waals surface area contributed by atoms with E-state index < -0.39 is 0 Å². The zero-order valence-corrected chi connectivity index (χ0v) is 10.5. The van der Waals surface area contributed by atoms with E-state index in [2.05, 4.69) is 13.8 Å². The van der Waals surface area contributed by atoms with Crippen molar-refractivity contribution in [1.82, 2.24) is 4.90 Å². The molecule has 1 aliphatic rings. The standard InChI is InChI=1S/C12H24N2O2/c1-12(2,5-6-13)4-3-11(15)14-7-9-16-10-8-14/h3-10,13H2,1-2H3. The van der Waals surface area contributed by atoms with Gasteiger partial charge < -0.3 is 15.4 Å². The first-order chi connectivity index (χ1) is 7.55. The molecule has 0 saturated carbocycles. The van der Waals surface area contributed by atoms with Gasteiger partial charge in [0.05, 0.1) is 13.2 Å². The van der Waals surface area contributed by atoms with Crippen LogP contribution in [0.1, 0.15) is 33.1 Å². The molecule has 0 unspecified atom stereocenters. The lowest BCUT2D eigenvalue weighted by Crippen LogP contribution is -2.41. The molecule has 1 rings (SSSR count). The van der Waals surface area contributed by atoms with Gasteiger partial charge in [-0.1, -0.05) is 13.8 Å². The van der Waals surface area contributed by atoms with Gasteiger partial charge in [0, 0.05) is 19.5 Å². The Hall–Kier alpha value is -0.610. The molecular weight excluding hydrogens is 204 g/mol. The molecule has 2 N–H and O–H groups in total. The predicted octanol–water partition coefficient (Wildman–Crippen LogP) is 1.00. The Morgan fingerprint density at radius 2 is 1.94 bits per heavy atom. The highest BCUT2D eigenvalue weighted by atomic mass is 16.5. The molecule has 94 valence electrons. The fourth-order valence-corrected chi connectivity index (χ4v) is 1.93. The zero-order chi connectivity index (χ0) is 12.0. The zero-order valence-electron chi connectivity index (χ0n) is 10.5. The first-order valence-corrected chi connectivity index (χ1v) is 6.11. The minimum atomic E-state index is 0.177. The fourth-order valence-electron chi connectivity index (χ4n) is 1.93. The van der Waals surface area contributed by atoms with Crippen LogP contribution in [0.2, 0.25) is 0 Å². The van der Waals surface area contributed by atoms with Crippen LogP contribution in [0.5, 0.6) is 0 Å². The van der Waals surface area contributed by atoms with Gasteiger partial charge in [0.2, 0.25) is 5.91 Å². The molecule has 1 saturated heterocycles. The van der Waals surface area contributed by atoms with Crippen LogP contribution in [0, 0.1) is 5.41 Å². The molecule has 1 fully saturated rings. The van der Waals surface area contributed by atoms with Crippen LogP contribution in [0.3, 0.4) is 0 Å². The Morgan fingerprint density at radius 1 is 1.31 bits per heavy atom. The fraction of sp³-hybridized carbons (Fsp3) is 0.917. The van der Waals surface area contributed by atoms with Crippen LogP contribution in [-0.4, -0.2) is 43.7 Å². The van der Waals surface area contributed by atoms with Gasteiger partial charge in [0.1, 0.15) is 0 Å². The third-order valence-corrected chi connectivity index (χ3v) is 3.20. The maximum atomic E-state index is 11.9. The number of hydrogen-bond donors (Lipinski definition) is 1. The number of morpholine rings is 1. The molecule has 0 aromatic carbocycles.